The van der Waals surface area contributed by atoms with Gasteiger partial charge in [0.15, 0.2) is 0 Å². The van der Waals surface area contributed by atoms with E-state index >= 15 is 0 Å². The highest BCUT2D eigenvalue weighted by Gasteiger charge is 2.33. The molecule has 27 heavy (non-hydrogen) atoms. The van der Waals surface area contributed by atoms with Crippen molar-refractivity contribution in [2.24, 2.45) is 0 Å². The van der Waals surface area contributed by atoms with Crippen molar-refractivity contribution in [3.63, 3.8) is 0 Å². The molecule has 1 atom stereocenters. The monoisotopic (exact) mass is 391 g/mol. The van der Waals surface area contributed by atoms with E-state index in [4.69, 9.17) is 11.6 Å². The lowest BCUT2D eigenvalue weighted by molar-refractivity contribution is -0.118. The molecule has 0 aliphatic carbocycles. The Labute approximate surface area is 159 Å². The van der Waals surface area contributed by atoms with Gasteiger partial charge in [-0.2, -0.15) is 0 Å². The summed E-state index contributed by atoms with van der Waals surface area (Å²) in [6, 6.07) is 6.41. The summed E-state index contributed by atoms with van der Waals surface area (Å²) in [5.74, 6) is -1.46. The minimum atomic E-state index is -0.598. The Balaban J connectivity index is 1.53. The van der Waals surface area contributed by atoms with E-state index in [1.165, 1.54) is 29.2 Å². The minimum absolute atomic E-state index is 0.0560. The molecule has 4 rings (SSSR count). The van der Waals surface area contributed by atoms with E-state index in [9.17, 15) is 18.4 Å². The average molecular weight is 392 g/mol. The molecular weight excluding hydrogens is 376 g/mol. The largest absolute Gasteiger partial charge is 0.371 e. The zero-order valence-electron chi connectivity index (χ0n) is 14.2. The number of nitrogens with zero attached hydrogens (tertiary/aromatic N) is 1. The lowest BCUT2D eigenvalue weighted by atomic mass is 10.0. The second kappa shape index (κ2) is 6.81. The highest BCUT2D eigenvalue weighted by molar-refractivity contribution is 6.31. The van der Waals surface area contributed by atoms with E-state index in [2.05, 4.69) is 10.6 Å². The number of fused-ring (bicyclic) bond motifs is 1. The van der Waals surface area contributed by atoms with Crippen LogP contribution in [0, 0.1) is 11.6 Å². The second-order valence-corrected chi connectivity index (χ2v) is 7.02. The number of carbonyl (C=O) groups is 2. The normalized spacial score (nSPS) is 19.1. The Kier molecular flexibility index (Phi) is 4.47. The average Bonchev–Trinajstić information content (AvgIpc) is 2.99. The van der Waals surface area contributed by atoms with Gasteiger partial charge in [-0.1, -0.05) is 11.6 Å². The summed E-state index contributed by atoms with van der Waals surface area (Å²) in [6.45, 7) is 0.418. The molecule has 8 heteroatoms. The molecule has 1 fully saturated rings. The summed E-state index contributed by atoms with van der Waals surface area (Å²) in [4.78, 5) is 25.6. The van der Waals surface area contributed by atoms with Gasteiger partial charge < -0.3 is 15.5 Å². The molecule has 1 unspecified atom stereocenters. The zero-order chi connectivity index (χ0) is 19.1. The fourth-order valence-corrected chi connectivity index (χ4v) is 3.60. The molecule has 0 radical (unpaired) electrons. The van der Waals surface area contributed by atoms with Gasteiger partial charge in [0.1, 0.15) is 17.7 Å². The minimum Gasteiger partial charge on any atom is -0.371 e. The van der Waals surface area contributed by atoms with Crippen molar-refractivity contribution in [1.82, 2.24) is 0 Å². The molecule has 2 aromatic carbocycles. The number of benzene rings is 2. The quantitative estimate of drug-likeness (QED) is 0.838. The first-order valence-electron chi connectivity index (χ1n) is 8.57. The summed E-state index contributed by atoms with van der Waals surface area (Å²) >= 11 is 5.80. The van der Waals surface area contributed by atoms with Crippen molar-refractivity contribution >= 4 is 40.5 Å². The molecule has 0 spiro atoms. The smallest absolute Gasteiger partial charge is 0.249 e. The fraction of sp³-hybridized carbons (Fsp3) is 0.263. The van der Waals surface area contributed by atoms with Gasteiger partial charge in [0.05, 0.1) is 10.7 Å². The molecule has 2 aliphatic heterocycles. The summed E-state index contributed by atoms with van der Waals surface area (Å²) in [5.41, 5.74) is 2.02. The second-order valence-electron chi connectivity index (χ2n) is 6.61. The molecule has 0 saturated carbocycles. The third-order valence-corrected chi connectivity index (χ3v) is 5.13. The van der Waals surface area contributed by atoms with Gasteiger partial charge in [-0.25, -0.2) is 8.78 Å². The van der Waals surface area contributed by atoms with Crippen LogP contribution in [-0.4, -0.2) is 24.4 Å². The van der Waals surface area contributed by atoms with E-state index in [-0.39, 0.29) is 22.5 Å². The molecule has 140 valence electrons. The Morgan fingerprint density at radius 1 is 1.11 bits per heavy atom. The molecule has 5 nitrogen and oxygen atoms in total. The number of anilines is 3. The van der Waals surface area contributed by atoms with Crippen molar-refractivity contribution in [3.05, 3.63) is 52.6 Å². The highest BCUT2D eigenvalue weighted by Crippen LogP contribution is 2.31. The van der Waals surface area contributed by atoms with Gasteiger partial charge in [-0.05, 0) is 48.7 Å². The molecule has 2 aromatic rings. The van der Waals surface area contributed by atoms with Crippen LogP contribution in [0.5, 0.6) is 0 Å². The summed E-state index contributed by atoms with van der Waals surface area (Å²) in [6.07, 6.45) is 1.34. The van der Waals surface area contributed by atoms with Crippen molar-refractivity contribution in [2.45, 2.75) is 25.3 Å². The fourth-order valence-electron chi connectivity index (χ4n) is 3.42. The van der Waals surface area contributed by atoms with Gasteiger partial charge in [-0.15, -0.1) is 0 Å². The van der Waals surface area contributed by atoms with Crippen LogP contribution in [0.4, 0.5) is 25.8 Å². The van der Waals surface area contributed by atoms with Crippen molar-refractivity contribution < 1.29 is 18.4 Å². The van der Waals surface area contributed by atoms with Gasteiger partial charge in [0.2, 0.25) is 11.8 Å². The van der Waals surface area contributed by atoms with Crippen molar-refractivity contribution in [2.75, 3.05) is 22.1 Å². The molecular formula is C19H16ClF2N3O2. The predicted molar refractivity (Wildman–Crippen MR) is 99.1 cm³/mol. The zero-order valence-corrected chi connectivity index (χ0v) is 14.9. The van der Waals surface area contributed by atoms with Crippen LogP contribution >= 0.6 is 11.6 Å². The Bertz CT molecular complexity index is 951. The van der Waals surface area contributed by atoms with Crippen LogP contribution in [0.2, 0.25) is 5.02 Å². The van der Waals surface area contributed by atoms with E-state index in [0.29, 0.717) is 37.2 Å². The number of carbonyl (C=O) groups excluding carboxylic acids is 2. The first-order valence-corrected chi connectivity index (χ1v) is 8.95. The molecule has 1 saturated heterocycles. The molecule has 2 N–H and O–H groups in total. The van der Waals surface area contributed by atoms with Crippen molar-refractivity contribution in [1.29, 1.82) is 0 Å². The van der Waals surface area contributed by atoms with Gasteiger partial charge in [-0.3, -0.25) is 9.59 Å². The van der Waals surface area contributed by atoms with Crippen LogP contribution in [0.25, 0.3) is 0 Å². The third-order valence-electron chi connectivity index (χ3n) is 4.84. The van der Waals surface area contributed by atoms with Gasteiger partial charge in [0.25, 0.3) is 0 Å². The first-order chi connectivity index (χ1) is 12.9. The van der Waals surface area contributed by atoms with E-state index < -0.39 is 17.7 Å². The van der Waals surface area contributed by atoms with E-state index in [0.717, 1.165) is 5.56 Å². The highest BCUT2D eigenvalue weighted by atomic mass is 35.5. The van der Waals surface area contributed by atoms with Crippen LogP contribution in [0.3, 0.4) is 0 Å². The third kappa shape index (κ3) is 3.35. The number of nitrogens with one attached hydrogen (secondary N) is 2. The number of amides is 2. The molecule has 0 bridgehead atoms. The van der Waals surface area contributed by atoms with Gasteiger partial charge >= 0.3 is 0 Å². The maximum Gasteiger partial charge on any atom is 0.249 e. The Morgan fingerprint density at radius 2 is 1.93 bits per heavy atom. The number of aryl methyl sites for hydroxylation is 1. The summed E-state index contributed by atoms with van der Waals surface area (Å²) in [5, 5.41) is 5.55. The lowest BCUT2D eigenvalue weighted by Gasteiger charge is -2.21. The predicted octanol–water partition coefficient (Wildman–Crippen LogP) is 3.72. The number of hydrogen-bond acceptors (Lipinski definition) is 3. The summed E-state index contributed by atoms with van der Waals surface area (Å²) < 4.78 is 27.7. The first kappa shape index (κ1) is 17.7. The molecule has 0 aromatic heterocycles. The maximum absolute atomic E-state index is 14.4. The van der Waals surface area contributed by atoms with E-state index in [1.807, 2.05) is 0 Å². The number of halogens is 3. The van der Waals surface area contributed by atoms with Crippen LogP contribution in [-0.2, 0) is 16.0 Å². The maximum atomic E-state index is 14.4. The van der Waals surface area contributed by atoms with Crippen molar-refractivity contribution in [3.8, 4) is 0 Å². The standard InChI is InChI=1S/C19H16ClF2N3O2/c20-12-8-11(2-3-13(12)21)25-6-5-15(19(25)27)23-17-7-10-1-4-18(26)24-16(10)9-14(17)22/h2-3,7-9,15,23H,1,4-6H2,(H,24,26). The topological polar surface area (TPSA) is 61.4 Å². The van der Waals surface area contributed by atoms with Crippen LogP contribution < -0.4 is 15.5 Å². The Morgan fingerprint density at radius 3 is 2.70 bits per heavy atom. The van der Waals surface area contributed by atoms with Crippen LogP contribution in [0.1, 0.15) is 18.4 Å². The number of rotatable bonds is 3. The Hall–Kier alpha value is -2.67. The molecule has 2 heterocycles. The molecule has 2 amide bonds. The van der Waals surface area contributed by atoms with Crippen LogP contribution in [0.15, 0.2) is 30.3 Å². The SMILES string of the molecule is O=C1CCc2cc(NC3CCN(c4ccc(F)c(Cl)c4)C3=O)c(F)cc2N1. The lowest BCUT2D eigenvalue weighted by Crippen LogP contribution is -2.33. The summed E-state index contributed by atoms with van der Waals surface area (Å²) in [7, 11) is 0. The number of hydrogen-bond donors (Lipinski definition) is 2. The van der Waals surface area contributed by atoms with Gasteiger partial charge in [0, 0.05) is 24.3 Å². The van der Waals surface area contributed by atoms with E-state index in [1.54, 1.807) is 6.07 Å². The molecule has 2 aliphatic rings.